The van der Waals surface area contributed by atoms with Crippen LogP contribution in [0.2, 0.25) is 0 Å². The summed E-state index contributed by atoms with van der Waals surface area (Å²) in [5, 5.41) is 5.75. The molecule has 27 heavy (non-hydrogen) atoms. The standard InChI is InChI=1S/C20H17N3O3S/c1-14-6-8-16(9-7-14)20-22-19(26-23-20)13-21-27(24,25)18-11-10-15-4-2-3-5-17(15)12-18/h2-12,21H,13H2,1H3. The van der Waals surface area contributed by atoms with E-state index in [1.54, 1.807) is 18.2 Å². The van der Waals surface area contributed by atoms with E-state index < -0.39 is 10.0 Å². The van der Waals surface area contributed by atoms with Crippen LogP contribution in [0.1, 0.15) is 11.5 Å². The monoisotopic (exact) mass is 379 g/mol. The van der Waals surface area contributed by atoms with Crippen LogP contribution in [0.5, 0.6) is 0 Å². The van der Waals surface area contributed by atoms with Gasteiger partial charge in [-0.3, -0.25) is 0 Å². The van der Waals surface area contributed by atoms with Crippen LogP contribution in [0, 0.1) is 6.92 Å². The van der Waals surface area contributed by atoms with Crippen LogP contribution in [0.25, 0.3) is 22.2 Å². The molecule has 0 aliphatic carbocycles. The number of benzene rings is 3. The first-order valence-corrected chi connectivity index (χ1v) is 9.88. The van der Waals surface area contributed by atoms with Crippen LogP contribution in [0.15, 0.2) is 76.1 Å². The second kappa shape index (κ2) is 6.94. The number of nitrogens with zero attached hydrogens (tertiary/aromatic N) is 2. The molecule has 0 amide bonds. The Labute approximate surface area is 156 Å². The van der Waals surface area contributed by atoms with Crippen molar-refractivity contribution in [3.05, 3.63) is 78.2 Å². The second-order valence-electron chi connectivity index (χ2n) is 6.21. The molecule has 0 fully saturated rings. The molecule has 6 nitrogen and oxygen atoms in total. The molecule has 0 atom stereocenters. The smallest absolute Gasteiger partial charge is 0.242 e. The van der Waals surface area contributed by atoms with Gasteiger partial charge in [0.25, 0.3) is 0 Å². The van der Waals surface area contributed by atoms with Crippen molar-refractivity contribution in [2.24, 2.45) is 0 Å². The lowest BCUT2D eigenvalue weighted by Gasteiger charge is -2.06. The van der Waals surface area contributed by atoms with Crippen molar-refractivity contribution in [2.45, 2.75) is 18.4 Å². The number of nitrogens with one attached hydrogen (secondary N) is 1. The Bertz CT molecular complexity index is 1200. The van der Waals surface area contributed by atoms with E-state index in [0.29, 0.717) is 5.82 Å². The molecule has 0 aliphatic heterocycles. The summed E-state index contributed by atoms with van der Waals surface area (Å²) in [6.07, 6.45) is 0. The van der Waals surface area contributed by atoms with Gasteiger partial charge < -0.3 is 4.52 Å². The number of aryl methyl sites for hydroxylation is 1. The highest BCUT2D eigenvalue weighted by molar-refractivity contribution is 7.89. The van der Waals surface area contributed by atoms with Crippen molar-refractivity contribution >= 4 is 20.8 Å². The van der Waals surface area contributed by atoms with E-state index in [4.69, 9.17) is 4.52 Å². The third-order valence-corrected chi connectivity index (χ3v) is 5.62. The molecule has 0 bridgehead atoms. The summed E-state index contributed by atoms with van der Waals surface area (Å²) in [7, 11) is -3.69. The zero-order valence-electron chi connectivity index (χ0n) is 14.6. The number of hydrogen-bond acceptors (Lipinski definition) is 5. The number of fused-ring (bicyclic) bond motifs is 1. The van der Waals surface area contributed by atoms with Gasteiger partial charge in [-0.2, -0.15) is 4.98 Å². The third-order valence-electron chi connectivity index (χ3n) is 4.22. The molecular weight excluding hydrogens is 362 g/mol. The number of aromatic nitrogens is 2. The minimum atomic E-state index is -3.69. The molecule has 7 heteroatoms. The SMILES string of the molecule is Cc1ccc(-c2noc(CNS(=O)(=O)c3ccc4ccccc4c3)n2)cc1. The summed E-state index contributed by atoms with van der Waals surface area (Å²) >= 11 is 0. The molecule has 1 N–H and O–H groups in total. The predicted molar refractivity (Wildman–Crippen MR) is 102 cm³/mol. The Morgan fingerprint density at radius 3 is 2.48 bits per heavy atom. The Balaban J connectivity index is 1.51. The molecule has 0 radical (unpaired) electrons. The average molecular weight is 379 g/mol. The molecule has 0 saturated heterocycles. The second-order valence-corrected chi connectivity index (χ2v) is 7.98. The zero-order chi connectivity index (χ0) is 18.9. The molecule has 1 heterocycles. The largest absolute Gasteiger partial charge is 0.338 e. The molecular formula is C20H17N3O3S. The summed E-state index contributed by atoms with van der Waals surface area (Å²) in [6.45, 7) is 1.92. The minimum Gasteiger partial charge on any atom is -0.338 e. The lowest BCUT2D eigenvalue weighted by molar-refractivity contribution is 0.376. The zero-order valence-corrected chi connectivity index (χ0v) is 15.4. The van der Waals surface area contributed by atoms with Crippen molar-refractivity contribution in [1.82, 2.24) is 14.9 Å². The van der Waals surface area contributed by atoms with E-state index in [1.807, 2.05) is 55.5 Å². The molecule has 4 rings (SSSR count). The van der Waals surface area contributed by atoms with Crippen molar-refractivity contribution in [3.63, 3.8) is 0 Å². The maximum atomic E-state index is 12.6. The van der Waals surface area contributed by atoms with Crippen LogP contribution in [-0.2, 0) is 16.6 Å². The maximum absolute atomic E-state index is 12.6. The Morgan fingerprint density at radius 2 is 1.70 bits per heavy atom. The first kappa shape index (κ1) is 17.4. The highest BCUT2D eigenvalue weighted by Crippen LogP contribution is 2.20. The fraction of sp³-hybridized carbons (Fsp3) is 0.100. The Morgan fingerprint density at radius 1 is 0.963 bits per heavy atom. The lowest BCUT2D eigenvalue weighted by Crippen LogP contribution is -2.23. The molecule has 0 aliphatic rings. The van der Waals surface area contributed by atoms with Gasteiger partial charge in [0.15, 0.2) is 0 Å². The van der Waals surface area contributed by atoms with Gasteiger partial charge in [0, 0.05) is 5.56 Å². The van der Waals surface area contributed by atoms with E-state index in [2.05, 4.69) is 14.9 Å². The minimum absolute atomic E-state index is 0.0754. The highest BCUT2D eigenvalue weighted by atomic mass is 32.2. The molecule has 136 valence electrons. The first-order valence-electron chi connectivity index (χ1n) is 8.39. The van der Waals surface area contributed by atoms with Crippen LogP contribution in [0.4, 0.5) is 0 Å². The molecule has 0 saturated carbocycles. The topological polar surface area (TPSA) is 85.1 Å². The molecule has 0 unspecified atom stereocenters. The van der Waals surface area contributed by atoms with Gasteiger partial charge in [0.2, 0.25) is 21.7 Å². The average Bonchev–Trinajstić information content (AvgIpc) is 3.16. The quantitative estimate of drug-likeness (QED) is 0.572. The van der Waals surface area contributed by atoms with E-state index >= 15 is 0 Å². The van der Waals surface area contributed by atoms with Crippen LogP contribution in [0.3, 0.4) is 0 Å². The maximum Gasteiger partial charge on any atom is 0.242 e. The van der Waals surface area contributed by atoms with Gasteiger partial charge in [0.05, 0.1) is 11.4 Å². The molecule has 1 aromatic heterocycles. The predicted octanol–water partition coefficient (Wildman–Crippen LogP) is 3.68. The number of hydrogen-bond donors (Lipinski definition) is 1. The Hall–Kier alpha value is -3.03. The van der Waals surface area contributed by atoms with E-state index in [9.17, 15) is 8.42 Å². The fourth-order valence-electron chi connectivity index (χ4n) is 2.72. The fourth-order valence-corrected chi connectivity index (χ4v) is 3.73. The molecule has 0 spiro atoms. The van der Waals surface area contributed by atoms with Gasteiger partial charge in [-0.1, -0.05) is 65.3 Å². The van der Waals surface area contributed by atoms with Gasteiger partial charge in [-0.05, 0) is 29.8 Å². The van der Waals surface area contributed by atoms with Crippen molar-refractivity contribution in [3.8, 4) is 11.4 Å². The Kier molecular flexibility index (Phi) is 4.47. The van der Waals surface area contributed by atoms with Crippen LogP contribution in [-0.4, -0.2) is 18.6 Å². The normalized spacial score (nSPS) is 11.7. The molecule has 3 aromatic carbocycles. The first-order chi connectivity index (χ1) is 13.0. The summed E-state index contributed by atoms with van der Waals surface area (Å²) in [5.41, 5.74) is 1.94. The van der Waals surface area contributed by atoms with E-state index in [-0.39, 0.29) is 17.3 Å². The van der Waals surface area contributed by atoms with E-state index in [0.717, 1.165) is 21.9 Å². The molecule has 4 aromatic rings. The summed E-state index contributed by atoms with van der Waals surface area (Å²) < 4.78 is 32.8. The summed E-state index contributed by atoms with van der Waals surface area (Å²) in [4.78, 5) is 4.45. The highest BCUT2D eigenvalue weighted by Gasteiger charge is 2.16. The lowest BCUT2D eigenvalue weighted by atomic mass is 10.1. The van der Waals surface area contributed by atoms with Crippen LogP contribution < -0.4 is 4.72 Å². The number of rotatable bonds is 5. The van der Waals surface area contributed by atoms with E-state index in [1.165, 1.54) is 0 Å². The summed E-state index contributed by atoms with van der Waals surface area (Å²) in [6, 6.07) is 20.3. The van der Waals surface area contributed by atoms with Gasteiger partial charge in [0.1, 0.15) is 0 Å². The van der Waals surface area contributed by atoms with Crippen molar-refractivity contribution in [2.75, 3.05) is 0 Å². The summed E-state index contributed by atoms with van der Waals surface area (Å²) in [5.74, 6) is 0.629. The van der Waals surface area contributed by atoms with Crippen molar-refractivity contribution < 1.29 is 12.9 Å². The van der Waals surface area contributed by atoms with Crippen LogP contribution >= 0.6 is 0 Å². The number of sulfonamides is 1. The van der Waals surface area contributed by atoms with Gasteiger partial charge in [-0.25, -0.2) is 13.1 Å². The van der Waals surface area contributed by atoms with Gasteiger partial charge >= 0.3 is 0 Å². The van der Waals surface area contributed by atoms with Crippen molar-refractivity contribution in [1.29, 1.82) is 0 Å². The van der Waals surface area contributed by atoms with Gasteiger partial charge in [-0.15, -0.1) is 0 Å². The third kappa shape index (κ3) is 3.74.